The van der Waals surface area contributed by atoms with E-state index in [1.54, 1.807) is 0 Å². The molecule has 9 nitrogen and oxygen atoms in total. The predicted octanol–water partition coefficient (Wildman–Crippen LogP) is 1.22. The molecular formula is C19H25FN4O5. The first-order valence-electron chi connectivity index (χ1n) is 8.98. The van der Waals surface area contributed by atoms with Crippen molar-refractivity contribution in [1.29, 1.82) is 0 Å². The molecule has 2 aromatic rings. The molecule has 0 saturated carbocycles. The van der Waals surface area contributed by atoms with Crippen molar-refractivity contribution < 1.29 is 18.7 Å². The van der Waals surface area contributed by atoms with Crippen molar-refractivity contribution >= 4 is 17.4 Å². The number of hydrogen-bond donors (Lipinski definition) is 2. The standard InChI is InChI=1S/C19H25FN4O5/c1-11(2)10-24-16(21)15(17(25)22-19(24)27)23(7-8-28-3)18(26)13-9-12(20)5-6-14(13)29-4/h5-6,9,11H,7-8,10,21H2,1-4H3,(H,22,25,27). The van der Waals surface area contributed by atoms with Crippen molar-refractivity contribution in [3.05, 3.63) is 50.4 Å². The second-order valence-corrected chi connectivity index (χ2v) is 6.79. The van der Waals surface area contributed by atoms with E-state index >= 15 is 0 Å². The number of H-pyrrole nitrogens is 1. The number of anilines is 2. The van der Waals surface area contributed by atoms with Crippen LogP contribution in [0, 0.1) is 11.7 Å². The van der Waals surface area contributed by atoms with Crippen LogP contribution >= 0.6 is 0 Å². The molecule has 0 spiro atoms. The summed E-state index contributed by atoms with van der Waals surface area (Å²) in [6.45, 7) is 4.02. The Balaban J connectivity index is 2.68. The van der Waals surface area contributed by atoms with Gasteiger partial charge in [0.2, 0.25) is 0 Å². The van der Waals surface area contributed by atoms with Gasteiger partial charge in [-0.05, 0) is 24.1 Å². The van der Waals surface area contributed by atoms with E-state index in [0.717, 1.165) is 17.0 Å². The highest BCUT2D eigenvalue weighted by atomic mass is 19.1. The quantitative estimate of drug-likeness (QED) is 0.678. The van der Waals surface area contributed by atoms with Crippen LogP contribution in [0.2, 0.25) is 0 Å². The summed E-state index contributed by atoms with van der Waals surface area (Å²) in [5.41, 5.74) is 4.32. The topological polar surface area (TPSA) is 120 Å². The number of nitrogen functional groups attached to an aromatic ring is 1. The van der Waals surface area contributed by atoms with Crippen molar-refractivity contribution in [3.8, 4) is 5.75 Å². The molecule has 10 heteroatoms. The second kappa shape index (κ2) is 9.37. The number of methoxy groups -OCH3 is 2. The zero-order valence-electron chi connectivity index (χ0n) is 16.8. The number of carbonyl (C=O) groups is 1. The zero-order chi connectivity index (χ0) is 21.7. The fraction of sp³-hybridized carbons (Fsp3) is 0.421. The van der Waals surface area contributed by atoms with E-state index in [1.807, 2.05) is 13.8 Å². The molecule has 1 heterocycles. The molecule has 2 rings (SSSR count). The first-order chi connectivity index (χ1) is 13.7. The number of aromatic nitrogens is 2. The summed E-state index contributed by atoms with van der Waals surface area (Å²) in [6.07, 6.45) is 0. The Hall–Kier alpha value is -3.14. The maximum atomic E-state index is 13.8. The highest BCUT2D eigenvalue weighted by molar-refractivity contribution is 6.09. The van der Waals surface area contributed by atoms with E-state index in [4.69, 9.17) is 15.2 Å². The van der Waals surface area contributed by atoms with Crippen molar-refractivity contribution in [2.45, 2.75) is 20.4 Å². The Bertz CT molecular complexity index is 999. The number of carbonyl (C=O) groups excluding carboxylic acids is 1. The number of benzene rings is 1. The number of ether oxygens (including phenoxy) is 2. The van der Waals surface area contributed by atoms with E-state index in [9.17, 15) is 18.8 Å². The number of rotatable bonds is 8. The van der Waals surface area contributed by atoms with Crippen LogP contribution in [0.3, 0.4) is 0 Å². The average molecular weight is 408 g/mol. The first kappa shape index (κ1) is 22.2. The van der Waals surface area contributed by atoms with Gasteiger partial charge in [0.25, 0.3) is 11.5 Å². The van der Waals surface area contributed by atoms with E-state index < -0.39 is 23.0 Å². The molecule has 0 atom stereocenters. The van der Waals surface area contributed by atoms with Crippen molar-refractivity contribution in [1.82, 2.24) is 9.55 Å². The predicted molar refractivity (Wildman–Crippen MR) is 107 cm³/mol. The molecule has 0 bridgehead atoms. The van der Waals surface area contributed by atoms with Gasteiger partial charge in [-0.2, -0.15) is 0 Å². The summed E-state index contributed by atoms with van der Waals surface area (Å²) in [4.78, 5) is 41.3. The molecule has 29 heavy (non-hydrogen) atoms. The van der Waals surface area contributed by atoms with Crippen LogP contribution in [0.4, 0.5) is 15.9 Å². The molecule has 0 unspecified atom stereocenters. The molecule has 0 radical (unpaired) electrons. The minimum atomic E-state index is -0.827. The van der Waals surface area contributed by atoms with Crippen molar-refractivity contribution in [2.24, 2.45) is 5.92 Å². The summed E-state index contributed by atoms with van der Waals surface area (Å²) in [5.74, 6) is -1.34. The summed E-state index contributed by atoms with van der Waals surface area (Å²) >= 11 is 0. The van der Waals surface area contributed by atoms with Gasteiger partial charge in [0.1, 0.15) is 17.4 Å². The van der Waals surface area contributed by atoms with E-state index in [0.29, 0.717) is 0 Å². The summed E-state index contributed by atoms with van der Waals surface area (Å²) in [5, 5.41) is 0. The molecular weight excluding hydrogens is 383 g/mol. The SMILES string of the molecule is COCCN(C(=O)c1cc(F)ccc1OC)c1c(N)n(CC(C)C)c(=O)[nH]c1=O. The fourth-order valence-corrected chi connectivity index (χ4v) is 2.87. The van der Waals surface area contributed by atoms with Crippen LogP contribution in [0.5, 0.6) is 5.75 Å². The molecule has 1 aromatic carbocycles. The Morgan fingerprint density at radius 2 is 2.00 bits per heavy atom. The van der Waals surface area contributed by atoms with Crippen LogP contribution in [-0.2, 0) is 11.3 Å². The van der Waals surface area contributed by atoms with E-state index in [1.165, 1.54) is 24.9 Å². The highest BCUT2D eigenvalue weighted by Crippen LogP contribution is 2.25. The fourth-order valence-electron chi connectivity index (χ4n) is 2.87. The maximum absolute atomic E-state index is 13.8. The number of hydrogen-bond acceptors (Lipinski definition) is 6. The maximum Gasteiger partial charge on any atom is 0.330 e. The van der Waals surface area contributed by atoms with Crippen LogP contribution in [-0.4, -0.2) is 42.8 Å². The lowest BCUT2D eigenvalue weighted by Gasteiger charge is -2.25. The average Bonchev–Trinajstić information content (AvgIpc) is 2.66. The number of amides is 1. The largest absolute Gasteiger partial charge is 0.496 e. The minimum absolute atomic E-state index is 0.0534. The number of halogens is 1. The highest BCUT2D eigenvalue weighted by Gasteiger charge is 2.27. The van der Waals surface area contributed by atoms with E-state index in [-0.39, 0.29) is 48.4 Å². The van der Waals surface area contributed by atoms with Crippen LogP contribution < -0.4 is 26.6 Å². The van der Waals surface area contributed by atoms with Gasteiger partial charge in [0, 0.05) is 20.2 Å². The van der Waals surface area contributed by atoms with Gasteiger partial charge >= 0.3 is 5.69 Å². The molecule has 0 fully saturated rings. The summed E-state index contributed by atoms with van der Waals surface area (Å²) in [6, 6.07) is 3.47. The molecule has 0 aliphatic heterocycles. The van der Waals surface area contributed by atoms with Gasteiger partial charge < -0.3 is 15.2 Å². The number of nitrogens with two attached hydrogens (primary N) is 1. The number of nitrogens with zero attached hydrogens (tertiary/aromatic N) is 2. The van der Waals surface area contributed by atoms with Gasteiger partial charge in [0.05, 0.1) is 19.3 Å². The van der Waals surface area contributed by atoms with Gasteiger partial charge in [-0.1, -0.05) is 13.8 Å². The first-order valence-corrected chi connectivity index (χ1v) is 8.98. The van der Waals surface area contributed by atoms with Crippen molar-refractivity contribution in [2.75, 3.05) is 38.0 Å². The lowest BCUT2D eigenvalue weighted by atomic mass is 10.1. The normalized spacial score (nSPS) is 11.0. The number of aromatic amines is 1. The minimum Gasteiger partial charge on any atom is -0.496 e. The Morgan fingerprint density at radius 3 is 2.59 bits per heavy atom. The van der Waals surface area contributed by atoms with Gasteiger partial charge in [-0.3, -0.25) is 24.0 Å². The summed E-state index contributed by atoms with van der Waals surface area (Å²) < 4.78 is 25.2. The molecule has 158 valence electrons. The monoisotopic (exact) mass is 408 g/mol. The summed E-state index contributed by atoms with van der Waals surface area (Å²) in [7, 11) is 2.77. The second-order valence-electron chi connectivity index (χ2n) is 6.79. The Labute approximate surface area is 166 Å². The smallest absolute Gasteiger partial charge is 0.330 e. The molecule has 1 amide bonds. The third-order valence-electron chi connectivity index (χ3n) is 4.19. The lowest BCUT2D eigenvalue weighted by molar-refractivity contribution is 0.0972. The van der Waals surface area contributed by atoms with Crippen LogP contribution in [0.15, 0.2) is 27.8 Å². The Morgan fingerprint density at radius 1 is 1.31 bits per heavy atom. The molecule has 0 aliphatic rings. The zero-order valence-corrected chi connectivity index (χ0v) is 16.8. The third kappa shape index (κ3) is 4.83. The molecule has 1 aromatic heterocycles. The van der Waals surface area contributed by atoms with Crippen LogP contribution in [0.25, 0.3) is 0 Å². The molecule has 0 saturated heterocycles. The Kier molecular flexibility index (Phi) is 7.16. The van der Waals surface area contributed by atoms with Crippen molar-refractivity contribution in [3.63, 3.8) is 0 Å². The molecule has 3 N–H and O–H groups in total. The van der Waals surface area contributed by atoms with Gasteiger partial charge in [-0.15, -0.1) is 0 Å². The number of nitrogens with one attached hydrogen (secondary N) is 1. The molecule has 0 aliphatic carbocycles. The third-order valence-corrected chi connectivity index (χ3v) is 4.19. The lowest BCUT2D eigenvalue weighted by Crippen LogP contribution is -2.43. The van der Waals surface area contributed by atoms with Gasteiger partial charge in [-0.25, -0.2) is 9.18 Å². The van der Waals surface area contributed by atoms with E-state index in [2.05, 4.69) is 4.98 Å². The van der Waals surface area contributed by atoms with Gasteiger partial charge in [0.15, 0.2) is 5.69 Å². The van der Waals surface area contributed by atoms with Crippen LogP contribution in [0.1, 0.15) is 24.2 Å².